The molecule has 1 unspecified atom stereocenters. The quantitative estimate of drug-likeness (QED) is 0.804. The van der Waals surface area contributed by atoms with Gasteiger partial charge in [0.2, 0.25) is 0 Å². The first kappa shape index (κ1) is 19.0. The molecular formula is C16H16ClF3N4O. The number of carbonyl (C=O) groups excluding carboxylic acids is 1. The standard InChI is InChI=1S/C16H16ClF3N4O/c1-3-9(2)21-14-7-6-12(23-24-14)15(25)22-13-8-10(16(18,19)20)4-5-11(13)17/h4-9H,3H2,1-2H3,(H,21,24)(H,22,25). The van der Waals surface area contributed by atoms with Gasteiger partial charge in [-0.05, 0) is 43.7 Å². The molecule has 1 heterocycles. The van der Waals surface area contributed by atoms with Gasteiger partial charge in [-0.15, -0.1) is 10.2 Å². The summed E-state index contributed by atoms with van der Waals surface area (Å²) in [5.41, 5.74) is -1.10. The van der Waals surface area contributed by atoms with Gasteiger partial charge in [-0.3, -0.25) is 4.79 Å². The summed E-state index contributed by atoms with van der Waals surface area (Å²) in [6.07, 6.45) is -3.65. The van der Waals surface area contributed by atoms with E-state index in [1.54, 1.807) is 6.07 Å². The molecule has 0 bridgehead atoms. The van der Waals surface area contributed by atoms with Crippen LogP contribution in [0.5, 0.6) is 0 Å². The Bertz CT molecular complexity index is 750. The first-order chi connectivity index (χ1) is 11.7. The number of alkyl halides is 3. The van der Waals surface area contributed by atoms with Gasteiger partial charge in [0.05, 0.1) is 16.3 Å². The lowest BCUT2D eigenvalue weighted by atomic mass is 10.2. The van der Waals surface area contributed by atoms with Gasteiger partial charge >= 0.3 is 6.18 Å². The van der Waals surface area contributed by atoms with Crippen LogP contribution in [0.25, 0.3) is 0 Å². The monoisotopic (exact) mass is 372 g/mol. The molecule has 0 fully saturated rings. The molecule has 1 amide bonds. The summed E-state index contributed by atoms with van der Waals surface area (Å²) >= 11 is 5.85. The Morgan fingerprint density at radius 2 is 1.96 bits per heavy atom. The van der Waals surface area contributed by atoms with Crippen molar-refractivity contribution in [3.05, 3.63) is 46.6 Å². The summed E-state index contributed by atoms with van der Waals surface area (Å²) in [6, 6.07) is 5.87. The number of halogens is 4. The van der Waals surface area contributed by atoms with Crippen LogP contribution in [0.1, 0.15) is 36.3 Å². The van der Waals surface area contributed by atoms with Crippen molar-refractivity contribution < 1.29 is 18.0 Å². The summed E-state index contributed by atoms with van der Waals surface area (Å²) in [4.78, 5) is 12.1. The molecule has 2 rings (SSSR count). The van der Waals surface area contributed by atoms with Gasteiger partial charge in [0.15, 0.2) is 5.69 Å². The number of amides is 1. The highest BCUT2D eigenvalue weighted by Gasteiger charge is 2.31. The number of anilines is 2. The average molecular weight is 373 g/mol. The van der Waals surface area contributed by atoms with E-state index in [4.69, 9.17) is 11.6 Å². The van der Waals surface area contributed by atoms with E-state index in [1.165, 1.54) is 6.07 Å². The van der Waals surface area contributed by atoms with Gasteiger partial charge < -0.3 is 10.6 Å². The Hall–Kier alpha value is -2.35. The maximum absolute atomic E-state index is 12.8. The van der Waals surface area contributed by atoms with Gasteiger partial charge in [-0.25, -0.2) is 0 Å². The van der Waals surface area contributed by atoms with Crippen LogP contribution in [-0.2, 0) is 6.18 Å². The summed E-state index contributed by atoms with van der Waals surface area (Å²) in [6.45, 7) is 3.98. The van der Waals surface area contributed by atoms with E-state index in [2.05, 4.69) is 20.8 Å². The van der Waals surface area contributed by atoms with Gasteiger partial charge in [0.1, 0.15) is 5.82 Å². The normalized spacial score (nSPS) is 12.6. The Morgan fingerprint density at radius 3 is 2.52 bits per heavy atom. The zero-order chi connectivity index (χ0) is 18.6. The minimum Gasteiger partial charge on any atom is -0.366 e. The number of benzene rings is 1. The third-order valence-electron chi connectivity index (χ3n) is 3.45. The van der Waals surface area contributed by atoms with Gasteiger partial charge in [-0.2, -0.15) is 13.2 Å². The Kier molecular flexibility index (Phi) is 5.84. The Labute approximate surface area is 147 Å². The molecule has 1 aromatic carbocycles. The summed E-state index contributed by atoms with van der Waals surface area (Å²) < 4.78 is 38.3. The molecule has 0 spiro atoms. The fourth-order valence-electron chi connectivity index (χ4n) is 1.87. The van der Waals surface area contributed by atoms with Gasteiger partial charge in [-0.1, -0.05) is 18.5 Å². The second kappa shape index (κ2) is 7.69. The SMILES string of the molecule is CCC(C)Nc1ccc(C(=O)Nc2cc(C(F)(F)F)ccc2Cl)nn1. The topological polar surface area (TPSA) is 66.9 Å². The number of nitrogens with zero attached hydrogens (tertiary/aromatic N) is 2. The lowest BCUT2D eigenvalue weighted by Crippen LogP contribution is -2.18. The van der Waals surface area contributed by atoms with Crippen LogP contribution in [0.3, 0.4) is 0 Å². The first-order valence-corrected chi connectivity index (χ1v) is 7.87. The molecule has 0 aliphatic heterocycles. The van der Waals surface area contributed by atoms with E-state index >= 15 is 0 Å². The van der Waals surface area contributed by atoms with Crippen molar-refractivity contribution >= 4 is 29.0 Å². The Morgan fingerprint density at radius 1 is 1.24 bits per heavy atom. The molecule has 0 radical (unpaired) electrons. The highest BCUT2D eigenvalue weighted by atomic mass is 35.5. The molecule has 0 saturated heterocycles. The van der Waals surface area contributed by atoms with E-state index in [1.807, 2.05) is 13.8 Å². The molecule has 5 nitrogen and oxygen atoms in total. The molecule has 25 heavy (non-hydrogen) atoms. The highest BCUT2D eigenvalue weighted by Crippen LogP contribution is 2.33. The summed E-state index contributed by atoms with van der Waals surface area (Å²) in [7, 11) is 0. The zero-order valence-corrected chi connectivity index (χ0v) is 14.2. The number of rotatable bonds is 5. The van der Waals surface area contributed by atoms with Crippen molar-refractivity contribution in [1.29, 1.82) is 0 Å². The fourth-order valence-corrected chi connectivity index (χ4v) is 2.03. The molecule has 1 aromatic heterocycles. The van der Waals surface area contributed by atoms with E-state index < -0.39 is 17.6 Å². The maximum atomic E-state index is 12.8. The van der Waals surface area contributed by atoms with Crippen LogP contribution in [0.2, 0.25) is 5.02 Å². The van der Waals surface area contributed by atoms with Crippen molar-refractivity contribution in [2.24, 2.45) is 0 Å². The van der Waals surface area contributed by atoms with E-state index in [0.29, 0.717) is 5.82 Å². The second-order valence-electron chi connectivity index (χ2n) is 5.40. The molecule has 2 aromatic rings. The smallest absolute Gasteiger partial charge is 0.366 e. The van der Waals surface area contributed by atoms with E-state index in [9.17, 15) is 18.0 Å². The van der Waals surface area contributed by atoms with Crippen LogP contribution < -0.4 is 10.6 Å². The number of nitrogens with one attached hydrogen (secondary N) is 2. The first-order valence-electron chi connectivity index (χ1n) is 7.49. The van der Waals surface area contributed by atoms with Crippen molar-refractivity contribution in [3.8, 4) is 0 Å². The largest absolute Gasteiger partial charge is 0.416 e. The van der Waals surface area contributed by atoms with Crippen molar-refractivity contribution in [2.75, 3.05) is 10.6 Å². The lowest BCUT2D eigenvalue weighted by molar-refractivity contribution is -0.137. The lowest BCUT2D eigenvalue weighted by Gasteiger charge is -2.12. The minimum atomic E-state index is -4.53. The molecule has 9 heteroatoms. The maximum Gasteiger partial charge on any atom is 0.416 e. The van der Waals surface area contributed by atoms with Crippen molar-refractivity contribution in [1.82, 2.24) is 10.2 Å². The van der Waals surface area contributed by atoms with Crippen LogP contribution in [0.15, 0.2) is 30.3 Å². The zero-order valence-electron chi connectivity index (χ0n) is 13.5. The molecule has 134 valence electrons. The van der Waals surface area contributed by atoms with E-state index in [0.717, 1.165) is 24.6 Å². The minimum absolute atomic E-state index is 0.00985. The van der Waals surface area contributed by atoms with Crippen LogP contribution >= 0.6 is 11.6 Å². The number of aromatic nitrogens is 2. The molecule has 0 saturated carbocycles. The molecule has 1 atom stereocenters. The third kappa shape index (κ3) is 5.06. The summed E-state index contributed by atoms with van der Waals surface area (Å²) in [5, 5.41) is 13.0. The fraction of sp³-hybridized carbons (Fsp3) is 0.312. The second-order valence-corrected chi connectivity index (χ2v) is 5.81. The number of hydrogen-bond donors (Lipinski definition) is 2. The van der Waals surface area contributed by atoms with E-state index in [-0.39, 0.29) is 22.4 Å². The Balaban J connectivity index is 2.14. The predicted octanol–water partition coefficient (Wildman–Crippen LogP) is 4.61. The number of hydrogen-bond acceptors (Lipinski definition) is 4. The van der Waals surface area contributed by atoms with Gasteiger partial charge in [0.25, 0.3) is 5.91 Å². The molecule has 0 aliphatic carbocycles. The van der Waals surface area contributed by atoms with Crippen molar-refractivity contribution in [3.63, 3.8) is 0 Å². The molecular weight excluding hydrogens is 357 g/mol. The van der Waals surface area contributed by atoms with Crippen LogP contribution in [0, 0.1) is 0 Å². The van der Waals surface area contributed by atoms with Crippen molar-refractivity contribution in [2.45, 2.75) is 32.5 Å². The van der Waals surface area contributed by atoms with Gasteiger partial charge in [0, 0.05) is 6.04 Å². The molecule has 0 aliphatic rings. The molecule has 2 N–H and O–H groups in total. The predicted molar refractivity (Wildman–Crippen MR) is 89.8 cm³/mol. The third-order valence-corrected chi connectivity index (χ3v) is 3.78. The van der Waals surface area contributed by atoms with Crippen LogP contribution in [-0.4, -0.2) is 22.1 Å². The number of carbonyl (C=O) groups is 1. The summed E-state index contributed by atoms with van der Waals surface area (Å²) in [5.74, 6) is -0.202. The van der Waals surface area contributed by atoms with Crippen LogP contribution in [0.4, 0.5) is 24.7 Å². The average Bonchev–Trinajstić information content (AvgIpc) is 2.56. The highest BCUT2D eigenvalue weighted by molar-refractivity contribution is 6.33.